The van der Waals surface area contributed by atoms with Gasteiger partial charge in [-0.25, -0.2) is 19.2 Å². The first kappa shape index (κ1) is 28.3. The normalized spacial score (nSPS) is 15.3. The number of carbonyl (C=O) groups is 4. The quantitative estimate of drug-likeness (QED) is 0.362. The van der Waals surface area contributed by atoms with Crippen molar-refractivity contribution in [3.63, 3.8) is 0 Å². The molecule has 1 saturated heterocycles. The fourth-order valence-corrected chi connectivity index (χ4v) is 2.62. The van der Waals surface area contributed by atoms with E-state index in [2.05, 4.69) is 34.3 Å². The number of aliphatic carboxylic acids is 4. The number of hydrogen-bond acceptors (Lipinski definition) is 7. The molecule has 0 saturated carbocycles. The van der Waals surface area contributed by atoms with Gasteiger partial charge in [0.25, 0.3) is 0 Å². The Hall–Kier alpha value is -3.73. The van der Waals surface area contributed by atoms with E-state index in [-0.39, 0.29) is 0 Å². The maximum atomic E-state index is 9.55. The van der Waals surface area contributed by atoms with Gasteiger partial charge in [0.1, 0.15) is 0 Å². The van der Waals surface area contributed by atoms with Crippen molar-refractivity contribution in [3.8, 4) is 0 Å². The molecule has 1 fully saturated rings. The van der Waals surface area contributed by atoms with E-state index < -0.39 is 23.9 Å². The summed E-state index contributed by atoms with van der Waals surface area (Å²) in [7, 11) is 0. The van der Waals surface area contributed by atoms with Gasteiger partial charge in [0.05, 0.1) is 0 Å². The summed E-state index contributed by atoms with van der Waals surface area (Å²) in [5.74, 6) is -5.03. The minimum absolute atomic E-state index is 0.558. The highest BCUT2D eigenvalue weighted by molar-refractivity contribution is 5.90. The Kier molecular flexibility index (Phi) is 15.0. The van der Waals surface area contributed by atoms with Crippen LogP contribution in [0.5, 0.6) is 0 Å². The van der Waals surface area contributed by atoms with E-state index in [9.17, 15) is 19.2 Å². The lowest BCUT2D eigenvalue weighted by atomic mass is 10.1. The molecule has 1 atom stereocenters. The summed E-state index contributed by atoms with van der Waals surface area (Å²) < 4.78 is 0. The van der Waals surface area contributed by atoms with E-state index in [4.69, 9.17) is 20.4 Å². The van der Waals surface area contributed by atoms with Crippen molar-refractivity contribution in [3.05, 3.63) is 48.8 Å². The molecule has 0 amide bonds. The lowest BCUT2D eigenvalue weighted by molar-refractivity contribution is -0.134. The van der Waals surface area contributed by atoms with Crippen molar-refractivity contribution in [2.45, 2.75) is 32.2 Å². The molecule has 1 aromatic heterocycles. The van der Waals surface area contributed by atoms with Crippen molar-refractivity contribution in [1.29, 1.82) is 0 Å². The number of nitrogens with zero attached hydrogens (tertiary/aromatic N) is 2. The molecule has 176 valence electrons. The molecule has 1 unspecified atom stereocenters. The molecule has 1 aliphatic heterocycles. The first-order valence-electron chi connectivity index (χ1n) is 9.82. The van der Waals surface area contributed by atoms with Crippen molar-refractivity contribution in [2.75, 3.05) is 24.5 Å². The number of carboxylic acids is 4. The number of anilines is 1. The summed E-state index contributed by atoms with van der Waals surface area (Å²) in [6.45, 7) is 5.57. The third-order valence-electron chi connectivity index (χ3n) is 3.97. The van der Waals surface area contributed by atoms with E-state index >= 15 is 0 Å². The maximum Gasteiger partial charge on any atom is 0.328 e. The SMILES string of the molecule is CCCCC1CNCCN1c1ccncc1.O=C(O)/C=C/C(=O)O.O=C(O)/C=C/C(=O)O. The second-order valence-electron chi connectivity index (χ2n) is 6.42. The van der Waals surface area contributed by atoms with Gasteiger partial charge < -0.3 is 30.6 Å². The number of rotatable bonds is 8. The van der Waals surface area contributed by atoms with Crippen LogP contribution in [-0.4, -0.2) is 75.0 Å². The number of aromatic nitrogens is 1. The van der Waals surface area contributed by atoms with Crippen molar-refractivity contribution in [2.24, 2.45) is 0 Å². The predicted molar refractivity (Wildman–Crippen MR) is 117 cm³/mol. The molecule has 11 heteroatoms. The number of carboxylic acid groups (broad SMARTS) is 4. The molecule has 0 spiro atoms. The maximum absolute atomic E-state index is 9.55. The predicted octanol–water partition coefficient (Wildman–Crippen LogP) is 1.47. The molecule has 0 bridgehead atoms. The standard InChI is InChI=1S/C13H21N3.2C4H4O4/c1-2-3-4-13-11-15-9-10-16(13)12-5-7-14-8-6-12;2*5-3(6)1-2-4(7)8/h5-8,13,15H,2-4,9-11H2,1H3;2*1-2H,(H,5,6)(H,7,8)/b;2*2-1+. The van der Waals surface area contributed by atoms with Crippen LogP contribution in [-0.2, 0) is 19.2 Å². The molecule has 1 aliphatic rings. The van der Waals surface area contributed by atoms with Crippen LogP contribution in [0, 0.1) is 0 Å². The number of pyridine rings is 1. The zero-order valence-corrected chi connectivity index (χ0v) is 17.8. The smallest absolute Gasteiger partial charge is 0.328 e. The lowest BCUT2D eigenvalue weighted by Crippen LogP contribution is -2.51. The van der Waals surface area contributed by atoms with Crippen LogP contribution in [0.25, 0.3) is 0 Å². The second kappa shape index (κ2) is 17.0. The Morgan fingerprint density at radius 1 is 0.969 bits per heavy atom. The average molecular weight is 451 g/mol. The largest absolute Gasteiger partial charge is 0.478 e. The van der Waals surface area contributed by atoms with E-state index in [1.807, 2.05) is 12.4 Å². The minimum Gasteiger partial charge on any atom is -0.478 e. The lowest BCUT2D eigenvalue weighted by Gasteiger charge is -2.38. The molecular formula is C21H29N3O8. The molecule has 32 heavy (non-hydrogen) atoms. The molecule has 1 aromatic rings. The van der Waals surface area contributed by atoms with E-state index in [0.29, 0.717) is 30.3 Å². The van der Waals surface area contributed by atoms with Crippen molar-refractivity contribution >= 4 is 29.6 Å². The Morgan fingerprint density at radius 2 is 1.44 bits per heavy atom. The van der Waals surface area contributed by atoms with Crippen LogP contribution in [0.4, 0.5) is 5.69 Å². The summed E-state index contributed by atoms with van der Waals surface area (Å²) in [6, 6.07) is 4.88. The number of hydrogen-bond donors (Lipinski definition) is 5. The summed E-state index contributed by atoms with van der Waals surface area (Å²) in [5, 5.41) is 34.7. The van der Waals surface area contributed by atoms with E-state index in [1.54, 1.807) is 0 Å². The highest BCUT2D eigenvalue weighted by Crippen LogP contribution is 2.20. The van der Waals surface area contributed by atoms with Crippen LogP contribution in [0.2, 0.25) is 0 Å². The van der Waals surface area contributed by atoms with Gasteiger partial charge in [0.2, 0.25) is 0 Å². The average Bonchev–Trinajstić information content (AvgIpc) is 2.76. The summed E-state index contributed by atoms with van der Waals surface area (Å²) in [5.41, 5.74) is 1.32. The molecule has 0 aliphatic carbocycles. The van der Waals surface area contributed by atoms with Crippen LogP contribution in [0.3, 0.4) is 0 Å². The fourth-order valence-electron chi connectivity index (χ4n) is 2.62. The van der Waals surface area contributed by atoms with Gasteiger partial charge in [-0.05, 0) is 18.6 Å². The van der Waals surface area contributed by atoms with Crippen LogP contribution in [0.1, 0.15) is 26.2 Å². The third kappa shape index (κ3) is 15.2. The first-order valence-corrected chi connectivity index (χ1v) is 9.82. The summed E-state index contributed by atoms with van der Waals surface area (Å²) >= 11 is 0. The minimum atomic E-state index is -1.26. The van der Waals surface area contributed by atoms with Gasteiger partial charge in [-0.2, -0.15) is 0 Å². The van der Waals surface area contributed by atoms with Crippen molar-refractivity contribution in [1.82, 2.24) is 10.3 Å². The first-order chi connectivity index (χ1) is 15.2. The molecule has 5 N–H and O–H groups in total. The van der Waals surface area contributed by atoms with Gasteiger partial charge >= 0.3 is 23.9 Å². The topological polar surface area (TPSA) is 177 Å². The summed E-state index contributed by atoms with van der Waals surface area (Å²) in [4.78, 5) is 44.8. The highest BCUT2D eigenvalue weighted by Gasteiger charge is 2.21. The van der Waals surface area contributed by atoms with Gasteiger partial charge in [0, 0.05) is 68.1 Å². The Balaban J connectivity index is 0.000000510. The zero-order valence-electron chi connectivity index (χ0n) is 17.8. The Morgan fingerprint density at radius 3 is 1.84 bits per heavy atom. The van der Waals surface area contributed by atoms with Gasteiger partial charge in [-0.1, -0.05) is 19.8 Å². The van der Waals surface area contributed by atoms with Crippen LogP contribution < -0.4 is 10.2 Å². The second-order valence-corrected chi connectivity index (χ2v) is 6.42. The number of unbranched alkanes of at least 4 members (excludes halogenated alkanes) is 1. The summed E-state index contributed by atoms with van der Waals surface area (Å²) in [6.07, 6.45) is 9.87. The molecule has 11 nitrogen and oxygen atoms in total. The van der Waals surface area contributed by atoms with Crippen LogP contribution >= 0.6 is 0 Å². The van der Waals surface area contributed by atoms with E-state index in [1.165, 1.54) is 24.9 Å². The van der Waals surface area contributed by atoms with Crippen LogP contribution in [0.15, 0.2) is 48.8 Å². The zero-order chi connectivity index (χ0) is 24.4. The monoisotopic (exact) mass is 451 g/mol. The van der Waals surface area contributed by atoms with Crippen molar-refractivity contribution < 1.29 is 39.6 Å². The molecule has 2 rings (SSSR count). The van der Waals surface area contributed by atoms with Gasteiger partial charge in [-0.15, -0.1) is 0 Å². The number of piperazine rings is 1. The molecular weight excluding hydrogens is 422 g/mol. The molecule has 0 aromatic carbocycles. The Bertz CT molecular complexity index is 715. The third-order valence-corrected chi connectivity index (χ3v) is 3.97. The molecule has 0 radical (unpaired) electrons. The van der Waals surface area contributed by atoms with Gasteiger partial charge in [0.15, 0.2) is 0 Å². The fraction of sp³-hybridized carbons (Fsp3) is 0.381. The van der Waals surface area contributed by atoms with Gasteiger partial charge in [-0.3, -0.25) is 4.98 Å². The highest BCUT2D eigenvalue weighted by atomic mass is 16.4. The number of nitrogens with one attached hydrogen (secondary N) is 1. The Labute approximate surface area is 185 Å². The molecule has 2 heterocycles. The van der Waals surface area contributed by atoms with E-state index in [0.717, 1.165) is 19.6 Å².